The maximum atomic E-state index is 12.2. The van der Waals surface area contributed by atoms with Crippen LogP contribution in [0.4, 0.5) is 0 Å². The molecule has 0 unspecified atom stereocenters. The first-order chi connectivity index (χ1) is 16.4. The van der Waals surface area contributed by atoms with E-state index in [0.29, 0.717) is 32.7 Å². The fourth-order valence-corrected chi connectivity index (χ4v) is 3.57. The van der Waals surface area contributed by atoms with E-state index in [0.717, 1.165) is 5.56 Å². The van der Waals surface area contributed by atoms with Crippen molar-refractivity contribution >= 4 is 41.2 Å². The van der Waals surface area contributed by atoms with Crippen molar-refractivity contribution < 1.29 is 19.1 Å². The minimum atomic E-state index is -0.896. The number of methoxy groups -OCH3 is 1. The van der Waals surface area contributed by atoms with E-state index in [2.05, 4.69) is 15.8 Å². The minimum Gasteiger partial charge on any atom is -0.493 e. The number of amides is 2. The lowest BCUT2D eigenvalue weighted by molar-refractivity contribution is -0.139. The number of nitrogens with one attached hydrogen (secondary N) is 2. The van der Waals surface area contributed by atoms with Gasteiger partial charge in [0.1, 0.15) is 6.61 Å². The Labute approximate surface area is 207 Å². The van der Waals surface area contributed by atoms with Crippen molar-refractivity contribution in [1.29, 1.82) is 0 Å². The maximum Gasteiger partial charge on any atom is 0.329 e. The summed E-state index contributed by atoms with van der Waals surface area (Å²) in [5, 5.41) is 7.47. The first kappa shape index (κ1) is 25.1. The van der Waals surface area contributed by atoms with Gasteiger partial charge in [-0.05, 0) is 36.8 Å². The van der Waals surface area contributed by atoms with Gasteiger partial charge in [0.25, 0.3) is 0 Å². The van der Waals surface area contributed by atoms with E-state index in [1.54, 1.807) is 43.3 Å². The second-order valence-electron chi connectivity index (χ2n) is 7.17. The molecular formula is C25H23Cl2N3O4. The van der Waals surface area contributed by atoms with Gasteiger partial charge in [-0.15, -0.1) is 0 Å². The number of nitrogens with zero attached hydrogens (tertiary/aromatic N) is 1. The molecule has 0 spiro atoms. The third-order valence-electron chi connectivity index (χ3n) is 4.87. The number of benzene rings is 3. The summed E-state index contributed by atoms with van der Waals surface area (Å²) in [6, 6.07) is 19.3. The number of para-hydroxylation sites is 1. The molecule has 0 aliphatic carbocycles. The fourth-order valence-electron chi connectivity index (χ4n) is 3.06. The predicted octanol–water partition coefficient (Wildman–Crippen LogP) is 4.91. The van der Waals surface area contributed by atoms with E-state index in [9.17, 15) is 9.59 Å². The summed E-state index contributed by atoms with van der Waals surface area (Å²) in [7, 11) is 1.51. The lowest BCUT2D eigenvalue weighted by Crippen LogP contribution is -2.39. The number of hydrogen-bond donors (Lipinski definition) is 2. The van der Waals surface area contributed by atoms with Crippen LogP contribution < -0.4 is 20.2 Å². The van der Waals surface area contributed by atoms with Crippen LogP contribution in [0.3, 0.4) is 0 Å². The molecule has 0 heterocycles. The fraction of sp³-hybridized carbons (Fsp3) is 0.160. The SMILES string of the molecule is COc1cccc(/C=N\NC(=O)C(=O)N[C@@H](C)c2ccccc2)c1OCc1c(Cl)cccc1Cl. The average molecular weight is 500 g/mol. The van der Waals surface area contributed by atoms with E-state index >= 15 is 0 Å². The number of halogens is 2. The van der Waals surface area contributed by atoms with E-state index in [4.69, 9.17) is 32.7 Å². The van der Waals surface area contributed by atoms with Crippen molar-refractivity contribution in [3.63, 3.8) is 0 Å². The van der Waals surface area contributed by atoms with Crippen molar-refractivity contribution in [1.82, 2.24) is 10.7 Å². The topological polar surface area (TPSA) is 89.0 Å². The summed E-state index contributed by atoms with van der Waals surface area (Å²) in [5.74, 6) is -0.870. The third kappa shape index (κ3) is 6.50. The molecule has 0 aromatic heterocycles. The van der Waals surface area contributed by atoms with Crippen LogP contribution in [0.1, 0.15) is 29.7 Å². The molecule has 1 atom stereocenters. The number of hydrazone groups is 1. The van der Waals surface area contributed by atoms with Crippen LogP contribution in [-0.2, 0) is 16.2 Å². The van der Waals surface area contributed by atoms with Gasteiger partial charge in [-0.1, -0.05) is 65.7 Å². The molecule has 0 aliphatic heterocycles. The molecule has 0 saturated heterocycles. The van der Waals surface area contributed by atoms with Crippen LogP contribution in [0.2, 0.25) is 10.0 Å². The number of rotatable bonds is 8. The molecule has 3 aromatic rings. The van der Waals surface area contributed by atoms with Gasteiger partial charge in [0, 0.05) is 21.2 Å². The highest BCUT2D eigenvalue weighted by Crippen LogP contribution is 2.32. The zero-order valence-electron chi connectivity index (χ0n) is 18.5. The van der Waals surface area contributed by atoms with Crippen LogP contribution in [0.25, 0.3) is 0 Å². The van der Waals surface area contributed by atoms with E-state index in [1.807, 2.05) is 30.3 Å². The molecule has 0 fully saturated rings. The molecule has 0 aliphatic rings. The van der Waals surface area contributed by atoms with Gasteiger partial charge in [-0.25, -0.2) is 5.43 Å². The molecule has 0 bridgehead atoms. The quantitative estimate of drug-likeness (QED) is 0.261. The van der Waals surface area contributed by atoms with Crippen LogP contribution in [0.5, 0.6) is 11.5 Å². The van der Waals surface area contributed by atoms with Gasteiger partial charge >= 0.3 is 11.8 Å². The Kier molecular flexibility index (Phi) is 8.90. The number of carbonyl (C=O) groups is 2. The summed E-state index contributed by atoms with van der Waals surface area (Å²) in [6.07, 6.45) is 1.36. The molecule has 3 aromatic carbocycles. The largest absolute Gasteiger partial charge is 0.493 e. The monoisotopic (exact) mass is 499 g/mol. The van der Waals surface area contributed by atoms with Gasteiger partial charge < -0.3 is 14.8 Å². The molecule has 34 heavy (non-hydrogen) atoms. The number of ether oxygens (including phenoxy) is 2. The summed E-state index contributed by atoms with van der Waals surface area (Å²) in [4.78, 5) is 24.4. The van der Waals surface area contributed by atoms with Crippen molar-refractivity contribution in [2.24, 2.45) is 5.10 Å². The lowest BCUT2D eigenvalue weighted by atomic mass is 10.1. The lowest BCUT2D eigenvalue weighted by Gasteiger charge is -2.14. The average Bonchev–Trinajstić information content (AvgIpc) is 2.84. The molecule has 7 nitrogen and oxygen atoms in total. The number of carbonyl (C=O) groups excluding carboxylic acids is 2. The first-order valence-corrected chi connectivity index (χ1v) is 11.1. The molecule has 2 N–H and O–H groups in total. The second kappa shape index (κ2) is 12.1. The second-order valence-corrected chi connectivity index (χ2v) is 7.99. The van der Waals surface area contributed by atoms with E-state index < -0.39 is 11.8 Å². The summed E-state index contributed by atoms with van der Waals surface area (Å²) < 4.78 is 11.3. The van der Waals surface area contributed by atoms with Crippen LogP contribution in [0, 0.1) is 0 Å². The van der Waals surface area contributed by atoms with Gasteiger partial charge in [0.15, 0.2) is 11.5 Å². The van der Waals surface area contributed by atoms with Crippen LogP contribution >= 0.6 is 23.2 Å². The highest BCUT2D eigenvalue weighted by Gasteiger charge is 2.17. The summed E-state index contributed by atoms with van der Waals surface area (Å²) in [6.45, 7) is 1.88. The predicted molar refractivity (Wildman–Crippen MR) is 133 cm³/mol. The molecule has 0 saturated carbocycles. The minimum absolute atomic E-state index is 0.0891. The Morgan fingerprint density at radius 3 is 2.32 bits per heavy atom. The van der Waals surface area contributed by atoms with E-state index in [-0.39, 0.29) is 12.6 Å². The highest BCUT2D eigenvalue weighted by molar-refractivity contribution is 6.36. The summed E-state index contributed by atoms with van der Waals surface area (Å²) in [5.41, 5.74) is 4.24. The van der Waals surface area contributed by atoms with Gasteiger partial charge in [-0.3, -0.25) is 9.59 Å². The van der Waals surface area contributed by atoms with Crippen LogP contribution in [-0.4, -0.2) is 25.1 Å². The van der Waals surface area contributed by atoms with Gasteiger partial charge in [0.2, 0.25) is 0 Å². The van der Waals surface area contributed by atoms with Crippen molar-refractivity contribution in [3.05, 3.63) is 93.5 Å². The normalized spacial score (nSPS) is 11.6. The van der Waals surface area contributed by atoms with Gasteiger partial charge in [-0.2, -0.15) is 5.10 Å². The zero-order valence-corrected chi connectivity index (χ0v) is 20.1. The molecule has 9 heteroatoms. The first-order valence-electron chi connectivity index (χ1n) is 10.3. The Morgan fingerprint density at radius 2 is 1.65 bits per heavy atom. The smallest absolute Gasteiger partial charge is 0.329 e. The highest BCUT2D eigenvalue weighted by atomic mass is 35.5. The van der Waals surface area contributed by atoms with Crippen molar-refractivity contribution in [3.8, 4) is 11.5 Å². The van der Waals surface area contributed by atoms with Crippen molar-refractivity contribution in [2.75, 3.05) is 7.11 Å². The Morgan fingerprint density at radius 1 is 0.971 bits per heavy atom. The standard InChI is InChI=1S/C25H23Cl2N3O4/c1-16(17-8-4-3-5-9-17)29-24(31)25(32)30-28-14-18-10-6-13-22(33-2)23(18)34-15-19-20(26)11-7-12-21(19)27/h3-14,16H,15H2,1-2H3,(H,29,31)(H,30,32)/b28-14-/t16-/m0/s1. The molecule has 176 valence electrons. The maximum absolute atomic E-state index is 12.2. The third-order valence-corrected chi connectivity index (χ3v) is 5.58. The molecule has 0 radical (unpaired) electrons. The van der Waals surface area contributed by atoms with Gasteiger partial charge in [0.05, 0.1) is 19.4 Å². The van der Waals surface area contributed by atoms with Crippen molar-refractivity contribution in [2.45, 2.75) is 19.6 Å². The molecule has 2 amide bonds. The molecule has 3 rings (SSSR count). The molecular weight excluding hydrogens is 477 g/mol. The Bertz CT molecular complexity index is 1170. The summed E-state index contributed by atoms with van der Waals surface area (Å²) >= 11 is 12.4. The Balaban J connectivity index is 1.67. The van der Waals surface area contributed by atoms with E-state index in [1.165, 1.54) is 13.3 Å². The number of hydrogen-bond acceptors (Lipinski definition) is 5. The van der Waals surface area contributed by atoms with Crippen LogP contribution in [0.15, 0.2) is 71.8 Å². The zero-order chi connectivity index (χ0) is 24.5. The Hall–Kier alpha value is -3.55.